The Morgan fingerprint density at radius 3 is 2.50 bits per heavy atom. The number of methoxy groups -OCH3 is 1. The average Bonchev–Trinajstić information content (AvgIpc) is 2.53. The van der Waals surface area contributed by atoms with Gasteiger partial charge in [-0.05, 0) is 43.5 Å². The lowest BCUT2D eigenvalue weighted by molar-refractivity contribution is 0.0702. The molecule has 0 aliphatic heterocycles. The Labute approximate surface area is 154 Å². The van der Waals surface area contributed by atoms with Crippen molar-refractivity contribution >= 4 is 29.2 Å². The second-order valence-electron chi connectivity index (χ2n) is 5.17. The summed E-state index contributed by atoms with van der Waals surface area (Å²) >= 11 is 12.0. The number of nitrogens with one attached hydrogen (secondary N) is 2. The standard InChI is InChI=1S/C17H27Cl2N3O2/c1-3-20-17(21-6-4-8-24-10-9-23-2)22-7-5-14-11-15(18)13-16(19)12-14/h11-13H,3-10H2,1-2H3,(H2,20,21,22). The zero-order chi connectivity index (χ0) is 17.6. The smallest absolute Gasteiger partial charge is 0.191 e. The molecular weight excluding hydrogens is 349 g/mol. The van der Waals surface area contributed by atoms with Gasteiger partial charge in [0.05, 0.1) is 13.2 Å². The van der Waals surface area contributed by atoms with Gasteiger partial charge in [0.2, 0.25) is 0 Å². The second-order valence-corrected chi connectivity index (χ2v) is 6.05. The molecule has 0 heterocycles. The van der Waals surface area contributed by atoms with Gasteiger partial charge in [0, 0.05) is 43.4 Å². The lowest BCUT2D eigenvalue weighted by Gasteiger charge is -2.11. The van der Waals surface area contributed by atoms with E-state index in [1.54, 1.807) is 13.2 Å². The molecule has 1 rings (SSSR count). The van der Waals surface area contributed by atoms with Crippen molar-refractivity contribution in [2.45, 2.75) is 19.8 Å². The number of nitrogens with zero attached hydrogens (tertiary/aromatic N) is 1. The van der Waals surface area contributed by atoms with Crippen LogP contribution in [-0.4, -0.2) is 52.5 Å². The van der Waals surface area contributed by atoms with Crippen molar-refractivity contribution in [1.82, 2.24) is 10.6 Å². The van der Waals surface area contributed by atoms with E-state index >= 15 is 0 Å². The van der Waals surface area contributed by atoms with Gasteiger partial charge in [-0.3, -0.25) is 4.99 Å². The molecule has 0 radical (unpaired) electrons. The Balaban J connectivity index is 2.30. The fourth-order valence-corrected chi connectivity index (χ4v) is 2.60. The molecule has 24 heavy (non-hydrogen) atoms. The SMILES string of the molecule is CCNC(=NCCCOCCOC)NCCc1cc(Cl)cc(Cl)c1. The minimum atomic E-state index is 0.626. The minimum Gasteiger partial charge on any atom is -0.382 e. The molecule has 5 nitrogen and oxygen atoms in total. The highest BCUT2D eigenvalue weighted by Gasteiger charge is 2.00. The Bertz CT molecular complexity index is 478. The first-order valence-corrected chi connectivity index (χ1v) is 8.95. The molecule has 2 N–H and O–H groups in total. The maximum Gasteiger partial charge on any atom is 0.191 e. The van der Waals surface area contributed by atoms with E-state index in [1.807, 2.05) is 19.1 Å². The summed E-state index contributed by atoms with van der Waals surface area (Å²) in [5.74, 6) is 0.808. The molecular formula is C17H27Cl2N3O2. The molecule has 0 saturated heterocycles. The summed E-state index contributed by atoms with van der Waals surface area (Å²) in [5, 5.41) is 7.86. The van der Waals surface area contributed by atoms with Gasteiger partial charge in [0.1, 0.15) is 0 Å². The number of hydrogen-bond donors (Lipinski definition) is 2. The summed E-state index contributed by atoms with van der Waals surface area (Å²) in [6.45, 7) is 6.27. The van der Waals surface area contributed by atoms with E-state index < -0.39 is 0 Å². The Kier molecular flexibility index (Phi) is 11.7. The Morgan fingerprint density at radius 1 is 1.08 bits per heavy atom. The molecule has 0 amide bonds. The van der Waals surface area contributed by atoms with E-state index in [0.717, 1.165) is 37.5 Å². The van der Waals surface area contributed by atoms with E-state index in [4.69, 9.17) is 32.7 Å². The molecule has 7 heteroatoms. The molecule has 1 aromatic carbocycles. The van der Waals surface area contributed by atoms with Gasteiger partial charge in [-0.25, -0.2) is 0 Å². The third-order valence-electron chi connectivity index (χ3n) is 3.12. The van der Waals surface area contributed by atoms with Crippen LogP contribution < -0.4 is 10.6 Å². The molecule has 0 spiro atoms. The zero-order valence-electron chi connectivity index (χ0n) is 14.4. The monoisotopic (exact) mass is 375 g/mol. The summed E-state index contributed by atoms with van der Waals surface area (Å²) in [7, 11) is 1.67. The zero-order valence-corrected chi connectivity index (χ0v) is 15.9. The van der Waals surface area contributed by atoms with Crippen molar-refractivity contribution in [3.8, 4) is 0 Å². The van der Waals surface area contributed by atoms with Crippen LogP contribution in [0.5, 0.6) is 0 Å². The first kappa shape index (κ1) is 21.0. The van der Waals surface area contributed by atoms with Gasteiger partial charge in [-0.15, -0.1) is 0 Å². The number of aliphatic imine (C=N–C) groups is 1. The predicted octanol–water partition coefficient (Wildman–Crippen LogP) is 3.14. The van der Waals surface area contributed by atoms with E-state index in [0.29, 0.717) is 36.4 Å². The molecule has 0 bridgehead atoms. The van der Waals surface area contributed by atoms with Gasteiger partial charge in [-0.2, -0.15) is 0 Å². The molecule has 136 valence electrons. The second kappa shape index (κ2) is 13.3. The summed E-state index contributed by atoms with van der Waals surface area (Å²) in [4.78, 5) is 4.53. The topological polar surface area (TPSA) is 54.9 Å². The largest absolute Gasteiger partial charge is 0.382 e. The van der Waals surface area contributed by atoms with E-state index in [1.165, 1.54) is 0 Å². The average molecular weight is 376 g/mol. The number of ether oxygens (including phenoxy) is 2. The van der Waals surface area contributed by atoms with E-state index in [9.17, 15) is 0 Å². The fraction of sp³-hybridized carbons (Fsp3) is 0.588. The number of guanidine groups is 1. The third kappa shape index (κ3) is 9.98. The maximum absolute atomic E-state index is 6.01. The highest BCUT2D eigenvalue weighted by Crippen LogP contribution is 2.19. The van der Waals surface area contributed by atoms with Crippen LogP contribution in [0.4, 0.5) is 0 Å². The molecule has 0 unspecified atom stereocenters. The van der Waals surface area contributed by atoms with Crippen LogP contribution in [0.1, 0.15) is 18.9 Å². The normalized spacial score (nSPS) is 11.6. The quantitative estimate of drug-likeness (QED) is 0.354. The Hall–Kier alpha value is -1.01. The highest BCUT2D eigenvalue weighted by atomic mass is 35.5. The summed E-state index contributed by atoms with van der Waals surface area (Å²) in [6.07, 6.45) is 1.70. The van der Waals surface area contributed by atoms with Crippen LogP contribution in [0.3, 0.4) is 0 Å². The fourth-order valence-electron chi connectivity index (χ4n) is 2.02. The van der Waals surface area contributed by atoms with Crippen molar-refractivity contribution in [2.24, 2.45) is 4.99 Å². The minimum absolute atomic E-state index is 0.626. The number of benzene rings is 1. The molecule has 0 atom stereocenters. The van der Waals surface area contributed by atoms with Crippen molar-refractivity contribution < 1.29 is 9.47 Å². The highest BCUT2D eigenvalue weighted by molar-refractivity contribution is 6.34. The van der Waals surface area contributed by atoms with Crippen molar-refractivity contribution in [1.29, 1.82) is 0 Å². The van der Waals surface area contributed by atoms with Gasteiger partial charge in [0.15, 0.2) is 5.96 Å². The lowest BCUT2D eigenvalue weighted by atomic mass is 10.1. The first-order valence-electron chi connectivity index (χ1n) is 8.19. The van der Waals surface area contributed by atoms with E-state index in [2.05, 4.69) is 15.6 Å². The van der Waals surface area contributed by atoms with Crippen LogP contribution in [0.25, 0.3) is 0 Å². The number of rotatable bonds is 11. The van der Waals surface area contributed by atoms with Crippen molar-refractivity contribution in [2.75, 3.05) is 46.6 Å². The van der Waals surface area contributed by atoms with Crippen molar-refractivity contribution in [3.05, 3.63) is 33.8 Å². The van der Waals surface area contributed by atoms with Crippen LogP contribution in [0, 0.1) is 0 Å². The third-order valence-corrected chi connectivity index (χ3v) is 3.56. The molecule has 0 fully saturated rings. The predicted molar refractivity (Wildman–Crippen MR) is 101 cm³/mol. The lowest BCUT2D eigenvalue weighted by Crippen LogP contribution is -2.38. The molecule has 0 aliphatic carbocycles. The van der Waals surface area contributed by atoms with Gasteiger partial charge in [0.25, 0.3) is 0 Å². The van der Waals surface area contributed by atoms with Gasteiger partial charge in [-0.1, -0.05) is 23.2 Å². The van der Waals surface area contributed by atoms with Crippen LogP contribution in [-0.2, 0) is 15.9 Å². The summed E-state index contributed by atoms with van der Waals surface area (Å²) < 4.78 is 10.3. The molecule has 0 saturated carbocycles. The number of halogens is 2. The summed E-state index contributed by atoms with van der Waals surface area (Å²) in [6, 6.07) is 5.59. The van der Waals surface area contributed by atoms with Crippen LogP contribution in [0.2, 0.25) is 10.0 Å². The maximum atomic E-state index is 6.01. The van der Waals surface area contributed by atoms with Crippen LogP contribution in [0.15, 0.2) is 23.2 Å². The summed E-state index contributed by atoms with van der Waals surface area (Å²) in [5.41, 5.74) is 1.10. The van der Waals surface area contributed by atoms with Gasteiger partial charge >= 0.3 is 0 Å². The number of hydrogen-bond acceptors (Lipinski definition) is 3. The van der Waals surface area contributed by atoms with E-state index in [-0.39, 0.29) is 0 Å². The first-order chi connectivity index (χ1) is 11.7. The molecule has 1 aromatic rings. The Morgan fingerprint density at radius 2 is 1.83 bits per heavy atom. The molecule has 0 aromatic heterocycles. The molecule has 0 aliphatic rings. The van der Waals surface area contributed by atoms with Crippen molar-refractivity contribution in [3.63, 3.8) is 0 Å². The van der Waals surface area contributed by atoms with Crippen LogP contribution >= 0.6 is 23.2 Å². The van der Waals surface area contributed by atoms with Gasteiger partial charge < -0.3 is 20.1 Å².